The van der Waals surface area contributed by atoms with Gasteiger partial charge in [0.05, 0.1) is 24.2 Å². The molecule has 3 heterocycles. The highest BCUT2D eigenvalue weighted by Crippen LogP contribution is 2.57. The van der Waals surface area contributed by atoms with Gasteiger partial charge in [0, 0.05) is 76.0 Å². The number of amidine groups is 1. The number of pyridine rings is 1. The van der Waals surface area contributed by atoms with Crippen molar-refractivity contribution < 1.29 is 14.3 Å². The summed E-state index contributed by atoms with van der Waals surface area (Å²) in [7, 11) is 5.02. The summed E-state index contributed by atoms with van der Waals surface area (Å²) in [6, 6.07) is 10.4. The fraction of sp³-hybridized carbons (Fsp3) is 0.548. The van der Waals surface area contributed by atoms with Gasteiger partial charge < -0.3 is 29.9 Å². The number of methoxy groups -OCH3 is 1. The number of fused-ring (bicyclic) bond motifs is 1. The van der Waals surface area contributed by atoms with E-state index < -0.39 is 5.41 Å². The van der Waals surface area contributed by atoms with Crippen LogP contribution >= 0.6 is 0 Å². The number of nitriles is 1. The Labute approximate surface area is 242 Å². The Kier molecular flexibility index (Phi) is 8.47. The lowest BCUT2D eigenvalue weighted by atomic mass is 9.90. The summed E-state index contributed by atoms with van der Waals surface area (Å²) < 4.78 is 10.9. The van der Waals surface area contributed by atoms with E-state index in [-0.39, 0.29) is 18.0 Å². The molecule has 1 saturated carbocycles. The van der Waals surface area contributed by atoms with Gasteiger partial charge in [0.1, 0.15) is 5.84 Å². The van der Waals surface area contributed by atoms with Crippen LogP contribution < -0.4 is 20.3 Å². The van der Waals surface area contributed by atoms with Gasteiger partial charge >= 0.3 is 6.03 Å². The molecule has 218 valence electrons. The molecule has 3 aliphatic rings. The van der Waals surface area contributed by atoms with Gasteiger partial charge in [-0.15, -0.1) is 0 Å². The molecule has 0 spiro atoms. The van der Waals surface area contributed by atoms with Crippen molar-refractivity contribution in [2.75, 3.05) is 52.4 Å². The smallest absolute Gasteiger partial charge is 0.316 e. The number of hydrogen-bond acceptors (Lipinski definition) is 7. The summed E-state index contributed by atoms with van der Waals surface area (Å²) in [5.41, 5.74) is 3.76. The zero-order chi connectivity index (χ0) is 29.1. The summed E-state index contributed by atoms with van der Waals surface area (Å²) in [6.45, 7) is 4.80. The summed E-state index contributed by atoms with van der Waals surface area (Å²) in [5.74, 6) is 1.24. The van der Waals surface area contributed by atoms with Crippen LogP contribution in [0, 0.1) is 28.1 Å². The first-order chi connectivity index (χ1) is 19.9. The maximum Gasteiger partial charge on any atom is 0.316 e. The Morgan fingerprint density at radius 3 is 2.80 bits per heavy atom. The number of anilines is 1. The number of amides is 2. The standard InChI is InChI=1S/C31H41N7O3/c1-5-25-28(36-23-9-13-41-14-10-23)31(25,19-37(3)30(39)34-2)29(33)38-12-6-7-21-15-24(22(18-32)16-26(21)38)20-8-11-35-27(17-20)40-4/h8,11,15-17,23,25,28,33,36H,5-7,9-10,12-14,19H2,1-4H3,(H,34,39). The van der Waals surface area contributed by atoms with Gasteiger partial charge in [-0.1, -0.05) is 13.3 Å². The first-order valence-corrected chi connectivity index (χ1v) is 14.6. The lowest BCUT2D eigenvalue weighted by Gasteiger charge is -2.38. The Morgan fingerprint density at radius 1 is 1.34 bits per heavy atom. The molecule has 2 aromatic rings. The van der Waals surface area contributed by atoms with Crippen molar-refractivity contribution in [2.45, 2.75) is 51.1 Å². The monoisotopic (exact) mass is 559 g/mol. The lowest BCUT2D eigenvalue weighted by molar-refractivity contribution is 0.0765. The van der Waals surface area contributed by atoms with Crippen LogP contribution in [0.3, 0.4) is 0 Å². The normalized spacial score (nSPS) is 23.7. The van der Waals surface area contributed by atoms with E-state index in [1.807, 2.05) is 18.2 Å². The van der Waals surface area contributed by atoms with Crippen molar-refractivity contribution in [3.8, 4) is 23.1 Å². The maximum atomic E-state index is 12.7. The minimum absolute atomic E-state index is 0.0829. The predicted octanol–water partition coefficient (Wildman–Crippen LogP) is 3.79. The van der Waals surface area contributed by atoms with Crippen LogP contribution in [0.25, 0.3) is 11.1 Å². The van der Waals surface area contributed by atoms with Gasteiger partial charge in [0.2, 0.25) is 5.88 Å². The third kappa shape index (κ3) is 5.36. The molecule has 1 aliphatic carbocycles. The average molecular weight is 560 g/mol. The van der Waals surface area contributed by atoms with Gasteiger partial charge in [-0.05, 0) is 60.9 Å². The molecule has 41 heavy (non-hydrogen) atoms. The second-order valence-electron chi connectivity index (χ2n) is 11.3. The van der Waals surface area contributed by atoms with Crippen LogP contribution in [0.15, 0.2) is 30.5 Å². The maximum absolute atomic E-state index is 12.7. The molecular formula is C31H41N7O3. The second kappa shape index (κ2) is 12.0. The van der Waals surface area contributed by atoms with Crippen molar-refractivity contribution in [1.82, 2.24) is 20.5 Å². The first-order valence-electron chi connectivity index (χ1n) is 14.6. The SMILES string of the molecule is CCC1C(NC2CCOCC2)C1(CN(C)C(=O)NC)C(=N)N1CCCc2cc(-c3ccnc(OC)c3)c(C#N)cc21. The van der Waals surface area contributed by atoms with E-state index in [4.69, 9.17) is 9.47 Å². The Hall–Kier alpha value is -3.68. The molecule has 3 atom stereocenters. The predicted molar refractivity (Wildman–Crippen MR) is 158 cm³/mol. The Morgan fingerprint density at radius 2 is 2.12 bits per heavy atom. The van der Waals surface area contributed by atoms with Crippen LogP contribution in [-0.2, 0) is 11.2 Å². The zero-order valence-corrected chi connectivity index (χ0v) is 24.5. The molecular weight excluding hydrogens is 518 g/mol. The molecule has 10 nitrogen and oxygen atoms in total. The molecule has 0 bridgehead atoms. The number of carbonyl (C=O) groups is 1. The van der Waals surface area contributed by atoms with E-state index in [1.54, 1.807) is 32.3 Å². The third-order valence-corrected chi connectivity index (χ3v) is 9.07. The number of ether oxygens (including phenoxy) is 2. The minimum atomic E-state index is -0.535. The van der Waals surface area contributed by atoms with E-state index in [9.17, 15) is 15.5 Å². The summed E-state index contributed by atoms with van der Waals surface area (Å²) in [5, 5.41) is 26.5. The number of nitrogens with zero attached hydrogens (tertiary/aromatic N) is 4. The van der Waals surface area contributed by atoms with Crippen LogP contribution in [0.4, 0.5) is 10.5 Å². The summed E-state index contributed by atoms with van der Waals surface area (Å²) in [4.78, 5) is 20.7. The Balaban J connectivity index is 1.52. The molecule has 3 unspecified atom stereocenters. The van der Waals surface area contributed by atoms with Gasteiger partial charge in [-0.25, -0.2) is 9.78 Å². The number of rotatable bonds is 8. The van der Waals surface area contributed by atoms with E-state index in [0.29, 0.717) is 36.4 Å². The second-order valence-corrected chi connectivity index (χ2v) is 11.3. The first kappa shape index (κ1) is 28.8. The molecule has 1 saturated heterocycles. The largest absolute Gasteiger partial charge is 0.481 e. The molecule has 0 radical (unpaired) electrons. The number of nitrogens with one attached hydrogen (secondary N) is 3. The van der Waals surface area contributed by atoms with Gasteiger partial charge in [-0.2, -0.15) is 5.26 Å². The fourth-order valence-electron chi connectivity index (χ4n) is 6.91. The molecule has 10 heteroatoms. The van der Waals surface area contributed by atoms with E-state index in [2.05, 4.69) is 39.6 Å². The lowest BCUT2D eigenvalue weighted by Crippen LogP contribution is -2.50. The highest BCUT2D eigenvalue weighted by Gasteiger charge is 2.68. The van der Waals surface area contributed by atoms with Crippen molar-refractivity contribution >= 4 is 17.6 Å². The quantitative estimate of drug-likeness (QED) is 0.332. The van der Waals surface area contributed by atoms with Crippen molar-refractivity contribution in [3.05, 3.63) is 41.6 Å². The number of hydrogen-bond donors (Lipinski definition) is 3. The molecule has 5 rings (SSSR count). The highest BCUT2D eigenvalue weighted by atomic mass is 16.5. The molecule has 3 N–H and O–H groups in total. The van der Waals surface area contributed by atoms with Crippen LogP contribution in [0.5, 0.6) is 5.88 Å². The third-order valence-electron chi connectivity index (χ3n) is 9.07. The van der Waals surface area contributed by atoms with E-state index >= 15 is 0 Å². The Bertz CT molecular complexity index is 1340. The molecule has 2 amide bonds. The van der Waals surface area contributed by atoms with Crippen LogP contribution in [0.2, 0.25) is 0 Å². The number of aryl methyl sites for hydroxylation is 1. The van der Waals surface area contributed by atoms with Crippen LogP contribution in [0.1, 0.15) is 43.7 Å². The number of carbonyl (C=O) groups excluding carboxylic acids is 1. The minimum Gasteiger partial charge on any atom is -0.481 e. The molecule has 2 aliphatic heterocycles. The van der Waals surface area contributed by atoms with Crippen molar-refractivity contribution in [1.29, 1.82) is 10.7 Å². The topological polar surface area (TPSA) is 127 Å². The number of aromatic nitrogens is 1. The van der Waals surface area contributed by atoms with Gasteiger partial charge in [0.25, 0.3) is 0 Å². The summed E-state index contributed by atoms with van der Waals surface area (Å²) in [6.07, 6.45) is 6.25. The van der Waals surface area contributed by atoms with E-state index in [1.165, 1.54) is 0 Å². The van der Waals surface area contributed by atoms with Crippen molar-refractivity contribution in [3.63, 3.8) is 0 Å². The average Bonchev–Trinajstić information content (AvgIpc) is 3.64. The number of benzene rings is 1. The van der Waals surface area contributed by atoms with Gasteiger partial charge in [-0.3, -0.25) is 5.41 Å². The fourth-order valence-corrected chi connectivity index (χ4v) is 6.91. The highest BCUT2D eigenvalue weighted by molar-refractivity contribution is 6.04. The molecule has 2 fully saturated rings. The van der Waals surface area contributed by atoms with Gasteiger partial charge in [0.15, 0.2) is 0 Å². The van der Waals surface area contributed by atoms with Crippen LogP contribution in [-0.4, -0.2) is 81.3 Å². The molecule has 1 aromatic heterocycles. The molecule has 1 aromatic carbocycles. The van der Waals surface area contributed by atoms with Crippen molar-refractivity contribution in [2.24, 2.45) is 11.3 Å². The zero-order valence-electron chi connectivity index (χ0n) is 24.5. The number of urea groups is 1. The van der Waals surface area contributed by atoms with E-state index in [0.717, 1.165) is 67.7 Å². The summed E-state index contributed by atoms with van der Waals surface area (Å²) >= 11 is 0.